The number of carbonyl (C=O) groups excluding carboxylic acids is 2. The van der Waals surface area contributed by atoms with Gasteiger partial charge in [-0.15, -0.1) is 0 Å². The minimum atomic E-state index is -0.447. The van der Waals surface area contributed by atoms with Gasteiger partial charge in [0.25, 0.3) is 11.8 Å². The summed E-state index contributed by atoms with van der Waals surface area (Å²) < 4.78 is 16.0. The van der Waals surface area contributed by atoms with Gasteiger partial charge in [-0.2, -0.15) is 0 Å². The second-order valence-corrected chi connectivity index (χ2v) is 6.50. The summed E-state index contributed by atoms with van der Waals surface area (Å²) in [5, 5.41) is 0. The van der Waals surface area contributed by atoms with Crippen LogP contribution in [0.15, 0.2) is 48.5 Å². The van der Waals surface area contributed by atoms with E-state index in [1.165, 1.54) is 0 Å². The predicted octanol–water partition coefficient (Wildman–Crippen LogP) is 3.07. The van der Waals surface area contributed by atoms with Gasteiger partial charge in [-0.1, -0.05) is 32.0 Å². The summed E-state index contributed by atoms with van der Waals surface area (Å²) in [4.78, 5) is 24.2. The molecule has 0 saturated heterocycles. The largest absolute Gasteiger partial charge is 0.491 e. The molecule has 2 amide bonds. The number of nitrogens with one attached hydrogen (secondary N) is 2. The van der Waals surface area contributed by atoms with E-state index in [1.54, 1.807) is 31.4 Å². The topological polar surface area (TPSA) is 85.9 Å². The molecule has 7 nitrogen and oxygen atoms in total. The highest BCUT2D eigenvalue weighted by Crippen LogP contribution is 2.28. The fourth-order valence-electron chi connectivity index (χ4n) is 2.56. The number of methoxy groups -OCH3 is 1. The smallest absolute Gasteiger partial charge is 0.276 e. The number of rotatable bonds is 10. The van der Waals surface area contributed by atoms with E-state index < -0.39 is 11.8 Å². The van der Waals surface area contributed by atoms with Crippen LogP contribution in [0.3, 0.4) is 0 Å². The second kappa shape index (κ2) is 11.7. The molecule has 1 atom stereocenters. The van der Waals surface area contributed by atoms with Crippen molar-refractivity contribution in [1.82, 2.24) is 10.9 Å². The number of hydrogen-bond donors (Lipinski definition) is 2. The van der Waals surface area contributed by atoms with Crippen LogP contribution in [0.1, 0.15) is 42.1 Å². The number of amides is 2. The molecule has 0 bridgehead atoms. The molecule has 0 aromatic heterocycles. The third-order valence-electron chi connectivity index (χ3n) is 4.41. The Morgan fingerprint density at radius 2 is 1.69 bits per heavy atom. The lowest BCUT2D eigenvalue weighted by Crippen LogP contribution is -2.43. The van der Waals surface area contributed by atoms with Crippen molar-refractivity contribution >= 4 is 11.8 Å². The van der Waals surface area contributed by atoms with E-state index in [0.717, 1.165) is 12.0 Å². The van der Waals surface area contributed by atoms with Crippen LogP contribution in [0.2, 0.25) is 0 Å². The molecule has 0 radical (unpaired) electrons. The lowest BCUT2D eigenvalue weighted by molar-refractivity contribution is -0.123. The number of carbonyl (C=O) groups is 2. The van der Waals surface area contributed by atoms with E-state index in [1.807, 2.05) is 24.3 Å². The molecule has 1 unspecified atom stereocenters. The highest BCUT2D eigenvalue weighted by atomic mass is 16.5. The molecule has 0 fully saturated rings. The van der Waals surface area contributed by atoms with Crippen LogP contribution >= 0.6 is 0 Å². The normalized spacial score (nSPS) is 11.4. The van der Waals surface area contributed by atoms with Crippen molar-refractivity contribution in [3.63, 3.8) is 0 Å². The number of ether oxygens (including phenoxy) is 3. The molecular formula is C22H28N2O5. The van der Waals surface area contributed by atoms with Crippen LogP contribution in [-0.2, 0) is 9.53 Å². The van der Waals surface area contributed by atoms with Crippen LogP contribution in [-0.4, -0.2) is 38.7 Å². The molecule has 156 valence electrons. The molecule has 0 saturated carbocycles. The van der Waals surface area contributed by atoms with Gasteiger partial charge in [0.2, 0.25) is 0 Å². The zero-order valence-electron chi connectivity index (χ0n) is 17.1. The molecule has 2 aromatic rings. The third kappa shape index (κ3) is 7.12. The molecule has 0 aliphatic rings. The quantitative estimate of drug-likeness (QED) is 0.473. The van der Waals surface area contributed by atoms with Gasteiger partial charge in [-0.05, 0) is 48.2 Å². The van der Waals surface area contributed by atoms with E-state index in [9.17, 15) is 9.59 Å². The number of hydrogen-bond acceptors (Lipinski definition) is 5. The Balaban J connectivity index is 1.80. The van der Waals surface area contributed by atoms with Crippen molar-refractivity contribution in [2.75, 3.05) is 26.9 Å². The van der Waals surface area contributed by atoms with Crippen LogP contribution in [0, 0.1) is 0 Å². The Hall–Kier alpha value is -3.06. The SMILES string of the molecule is CCC(C)c1ccccc1OCC(=O)NNC(=O)c1ccc(OCCOC)cc1. The fourth-order valence-corrected chi connectivity index (χ4v) is 2.56. The highest BCUT2D eigenvalue weighted by Gasteiger charge is 2.12. The summed E-state index contributed by atoms with van der Waals surface area (Å²) >= 11 is 0. The Morgan fingerprint density at radius 3 is 2.38 bits per heavy atom. The summed E-state index contributed by atoms with van der Waals surface area (Å²) in [6, 6.07) is 14.2. The monoisotopic (exact) mass is 400 g/mol. The van der Waals surface area contributed by atoms with Crippen molar-refractivity contribution in [3.8, 4) is 11.5 Å². The zero-order valence-corrected chi connectivity index (χ0v) is 17.1. The Labute approximate surface area is 171 Å². The average molecular weight is 400 g/mol. The molecule has 7 heteroatoms. The third-order valence-corrected chi connectivity index (χ3v) is 4.41. The number of hydrazine groups is 1. The summed E-state index contributed by atoms with van der Waals surface area (Å²) in [6.07, 6.45) is 0.971. The maximum Gasteiger partial charge on any atom is 0.276 e. The minimum absolute atomic E-state index is 0.194. The molecule has 0 aliphatic heterocycles. The maximum absolute atomic E-state index is 12.1. The molecule has 2 rings (SSSR count). The summed E-state index contributed by atoms with van der Waals surface area (Å²) in [5.41, 5.74) is 6.19. The van der Waals surface area contributed by atoms with Crippen molar-refractivity contribution in [2.45, 2.75) is 26.2 Å². The molecule has 0 aliphatic carbocycles. The number of benzene rings is 2. The van der Waals surface area contributed by atoms with Crippen molar-refractivity contribution in [2.24, 2.45) is 0 Å². The van der Waals surface area contributed by atoms with Crippen molar-refractivity contribution in [3.05, 3.63) is 59.7 Å². The van der Waals surface area contributed by atoms with Gasteiger partial charge in [0.05, 0.1) is 6.61 Å². The lowest BCUT2D eigenvalue weighted by atomic mass is 9.98. The lowest BCUT2D eigenvalue weighted by Gasteiger charge is -2.15. The van der Waals surface area contributed by atoms with Crippen molar-refractivity contribution in [1.29, 1.82) is 0 Å². The van der Waals surface area contributed by atoms with E-state index in [0.29, 0.717) is 36.2 Å². The van der Waals surface area contributed by atoms with Gasteiger partial charge in [-0.3, -0.25) is 20.4 Å². The fraction of sp³-hybridized carbons (Fsp3) is 0.364. The Morgan fingerprint density at radius 1 is 0.966 bits per heavy atom. The van der Waals surface area contributed by atoms with Gasteiger partial charge in [0, 0.05) is 12.7 Å². The summed E-state index contributed by atoms with van der Waals surface area (Å²) in [5.74, 6) is 0.762. The molecule has 0 heterocycles. The molecular weight excluding hydrogens is 372 g/mol. The van der Waals surface area contributed by atoms with Crippen molar-refractivity contribution < 1.29 is 23.8 Å². The first-order chi connectivity index (χ1) is 14.0. The Kier molecular flexibility index (Phi) is 8.98. The first-order valence-corrected chi connectivity index (χ1v) is 9.57. The minimum Gasteiger partial charge on any atom is -0.491 e. The second-order valence-electron chi connectivity index (χ2n) is 6.50. The summed E-state index contributed by atoms with van der Waals surface area (Å²) in [6.45, 7) is 4.93. The summed E-state index contributed by atoms with van der Waals surface area (Å²) in [7, 11) is 1.60. The zero-order chi connectivity index (χ0) is 21.1. The van der Waals surface area contributed by atoms with Crippen LogP contribution in [0.4, 0.5) is 0 Å². The van der Waals surface area contributed by atoms with E-state index in [2.05, 4.69) is 24.7 Å². The molecule has 2 aromatic carbocycles. The van der Waals surface area contributed by atoms with Gasteiger partial charge in [-0.25, -0.2) is 0 Å². The first kappa shape index (κ1) is 22.2. The highest BCUT2D eigenvalue weighted by molar-refractivity contribution is 5.95. The number of para-hydroxylation sites is 1. The van der Waals surface area contributed by atoms with E-state index in [4.69, 9.17) is 14.2 Å². The van der Waals surface area contributed by atoms with Gasteiger partial charge >= 0.3 is 0 Å². The predicted molar refractivity (Wildman–Crippen MR) is 110 cm³/mol. The molecule has 0 spiro atoms. The molecule has 2 N–H and O–H groups in total. The van der Waals surface area contributed by atoms with Crippen LogP contribution in [0.25, 0.3) is 0 Å². The average Bonchev–Trinajstić information content (AvgIpc) is 2.76. The standard InChI is InChI=1S/C22H28N2O5/c1-4-16(2)19-7-5-6-8-20(19)29-15-21(25)23-24-22(26)17-9-11-18(12-10-17)28-14-13-27-3/h5-12,16H,4,13-15H2,1-3H3,(H,23,25)(H,24,26). The van der Waals surface area contributed by atoms with E-state index in [-0.39, 0.29) is 6.61 Å². The van der Waals surface area contributed by atoms with Gasteiger partial charge in [0.1, 0.15) is 18.1 Å². The van der Waals surface area contributed by atoms with E-state index >= 15 is 0 Å². The van der Waals surface area contributed by atoms with Crippen LogP contribution < -0.4 is 20.3 Å². The van der Waals surface area contributed by atoms with Gasteiger partial charge in [0.15, 0.2) is 6.61 Å². The van der Waals surface area contributed by atoms with Crippen LogP contribution in [0.5, 0.6) is 11.5 Å². The molecule has 29 heavy (non-hydrogen) atoms. The maximum atomic E-state index is 12.1. The van der Waals surface area contributed by atoms with Gasteiger partial charge < -0.3 is 14.2 Å². The Bertz CT molecular complexity index is 792. The first-order valence-electron chi connectivity index (χ1n) is 9.57.